The average Bonchev–Trinajstić information content (AvgIpc) is 2.31. The summed E-state index contributed by atoms with van der Waals surface area (Å²) in [7, 11) is 0. The summed E-state index contributed by atoms with van der Waals surface area (Å²) < 4.78 is 0. The number of nitrogens with two attached hydrogens (primary N) is 1. The molecule has 3 nitrogen and oxygen atoms in total. The lowest BCUT2D eigenvalue weighted by Gasteiger charge is -2.36. The lowest BCUT2D eigenvalue weighted by atomic mass is 9.86. The summed E-state index contributed by atoms with van der Waals surface area (Å²) in [6, 6.07) is 4.52. The SMILES string of the molecule is CC(C)(N)Cc1cc2c3c(c1)CCC(=O)N3CCC2. The number of anilines is 1. The van der Waals surface area contributed by atoms with Crippen LogP contribution in [0.25, 0.3) is 0 Å². The van der Waals surface area contributed by atoms with Crippen LogP contribution in [-0.2, 0) is 24.1 Å². The van der Waals surface area contributed by atoms with E-state index in [1.807, 2.05) is 4.90 Å². The quantitative estimate of drug-likeness (QED) is 0.884. The number of carbonyl (C=O) groups excluding carboxylic acids is 1. The number of carbonyl (C=O) groups is 1. The summed E-state index contributed by atoms with van der Waals surface area (Å²) in [6.07, 6.45) is 4.60. The van der Waals surface area contributed by atoms with E-state index >= 15 is 0 Å². The predicted molar refractivity (Wildman–Crippen MR) is 77.4 cm³/mol. The van der Waals surface area contributed by atoms with Crippen molar-refractivity contribution in [2.75, 3.05) is 11.4 Å². The number of benzene rings is 1. The van der Waals surface area contributed by atoms with Gasteiger partial charge in [0.05, 0.1) is 5.69 Å². The van der Waals surface area contributed by atoms with Crippen LogP contribution in [0.1, 0.15) is 43.4 Å². The van der Waals surface area contributed by atoms with Crippen LogP contribution in [0.15, 0.2) is 12.1 Å². The third-order valence-corrected chi connectivity index (χ3v) is 3.99. The van der Waals surface area contributed by atoms with Crippen LogP contribution in [0.5, 0.6) is 0 Å². The molecule has 1 aromatic rings. The Morgan fingerprint density at radius 1 is 1.21 bits per heavy atom. The van der Waals surface area contributed by atoms with Crippen LogP contribution in [-0.4, -0.2) is 18.0 Å². The fraction of sp³-hybridized carbons (Fsp3) is 0.562. The molecule has 0 bridgehead atoms. The molecule has 2 aliphatic rings. The molecule has 0 radical (unpaired) electrons. The highest BCUT2D eigenvalue weighted by molar-refractivity contribution is 5.97. The van der Waals surface area contributed by atoms with E-state index in [0.717, 1.165) is 32.2 Å². The van der Waals surface area contributed by atoms with Gasteiger partial charge in [-0.25, -0.2) is 0 Å². The Hall–Kier alpha value is -1.35. The summed E-state index contributed by atoms with van der Waals surface area (Å²) in [5, 5.41) is 0. The van der Waals surface area contributed by atoms with Crippen LogP contribution >= 0.6 is 0 Å². The minimum absolute atomic E-state index is 0.181. The molecule has 0 saturated carbocycles. The van der Waals surface area contributed by atoms with Crippen molar-refractivity contribution in [2.24, 2.45) is 5.73 Å². The largest absolute Gasteiger partial charge is 0.325 e. The van der Waals surface area contributed by atoms with Gasteiger partial charge in [0.15, 0.2) is 0 Å². The van der Waals surface area contributed by atoms with E-state index in [1.54, 1.807) is 0 Å². The van der Waals surface area contributed by atoms with Crippen LogP contribution in [0, 0.1) is 0 Å². The summed E-state index contributed by atoms with van der Waals surface area (Å²) in [5.41, 5.74) is 11.2. The molecule has 0 aromatic heterocycles. The van der Waals surface area contributed by atoms with Crippen LogP contribution in [0.2, 0.25) is 0 Å². The molecule has 0 fully saturated rings. The van der Waals surface area contributed by atoms with E-state index in [-0.39, 0.29) is 5.54 Å². The summed E-state index contributed by atoms with van der Waals surface area (Å²) >= 11 is 0. The fourth-order valence-corrected chi connectivity index (χ4v) is 3.35. The van der Waals surface area contributed by atoms with Crippen molar-refractivity contribution >= 4 is 11.6 Å². The Bertz CT molecular complexity index is 511. The molecular weight excluding hydrogens is 236 g/mol. The standard InChI is InChI=1S/C16H22N2O/c1-16(2,17)10-11-8-12-4-3-7-18-14(19)6-5-13(9-11)15(12)18/h8-9H,3-7,10,17H2,1-2H3. The maximum absolute atomic E-state index is 12.0. The molecule has 0 spiro atoms. The highest BCUT2D eigenvalue weighted by Crippen LogP contribution is 2.37. The van der Waals surface area contributed by atoms with Gasteiger partial charge in [-0.1, -0.05) is 12.1 Å². The zero-order valence-electron chi connectivity index (χ0n) is 11.8. The minimum atomic E-state index is -0.181. The van der Waals surface area contributed by atoms with Gasteiger partial charge in [0.2, 0.25) is 5.91 Å². The monoisotopic (exact) mass is 258 g/mol. The first-order valence-corrected chi connectivity index (χ1v) is 7.18. The topological polar surface area (TPSA) is 46.3 Å². The number of hydrogen-bond donors (Lipinski definition) is 1. The molecule has 0 saturated heterocycles. The van der Waals surface area contributed by atoms with Gasteiger partial charge < -0.3 is 10.6 Å². The van der Waals surface area contributed by atoms with Crippen LogP contribution < -0.4 is 10.6 Å². The Labute approximate surface area is 114 Å². The third-order valence-electron chi connectivity index (χ3n) is 3.99. The van der Waals surface area contributed by atoms with Crippen LogP contribution in [0.4, 0.5) is 5.69 Å². The molecule has 0 unspecified atom stereocenters. The second-order valence-electron chi connectivity index (χ2n) is 6.58. The Kier molecular flexibility index (Phi) is 2.90. The number of nitrogens with zero attached hydrogens (tertiary/aromatic N) is 1. The van der Waals surface area contributed by atoms with Crippen molar-refractivity contribution in [2.45, 2.75) is 51.5 Å². The first-order valence-electron chi connectivity index (χ1n) is 7.18. The summed E-state index contributed by atoms with van der Waals surface area (Å²) in [4.78, 5) is 14.0. The maximum atomic E-state index is 12.0. The van der Waals surface area contributed by atoms with Crippen molar-refractivity contribution < 1.29 is 4.79 Å². The van der Waals surface area contributed by atoms with Crippen molar-refractivity contribution in [3.8, 4) is 0 Å². The van der Waals surface area contributed by atoms with Gasteiger partial charge in [-0.2, -0.15) is 0 Å². The molecule has 0 aliphatic carbocycles. The van der Waals surface area contributed by atoms with Gasteiger partial charge in [-0.15, -0.1) is 0 Å². The van der Waals surface area contributed by atoms with Gasteiger partial charge in [0.25, 0.3) is 0 Å². The fourth-order valence-electron chi connectivity index (χ4n) is 3.35. The summed E-state index contributed by atoms with van der Waals surface area (Å²) in [6.45, 7) is 5.02. The minimum Gasteiger partial charge on any atom is -0.325 e. The lowest BCUT2D eigenvalue weighted by Crippen LogP contribution is -2.39. The zero-order chi connectivity index (χ0) is 13.6. The molecule has 1 amide bonds. The van der Waals surface area contributed by atoms with Crippen LogP contribution in [0.3, 0.4) is 0 Å². The molecule has 1 aromatic carbocycles. The van der Waals surface area contributed by atoms with Gasteiger partial charge >= 0.3 is 0 Å². The van der Waals surface area contributed by atoms with E-state index in [4.69, 9.17) is 5.73 Å². The Morgan fingerprint density at radius 3 is 2.58 bits per heavy atom. The van der Waals surface area contributed by atoms with Gasteiger partial charge in [0, 0.05) is 18.5 Å². The molecule has 2 heterocycles. The smallest absolute Gasteiger partial charge is 0.227 e. The number of aryl methyl sites for hydroxylation is 2. The molecule has 2 N–H and O–H groups in total. The Morgan fingerprint density at radius 2 is 1.89 bits per heavy atom. The van der Waals surface area contributed by atoms with Crippen molar-refractivity contribution in [1.29, 1.82) is 0 Å². The second kappa shape index (κ2) is 4.34. The van der Waals surface area contributed by atoms with E-state index in [0.29, 0.717) is 12.3 Å². The lowest BCUT2D eigenvalue weighted by molar-refractivity contribution is -0.119. The molecule has 0 atom stereocenters. The van der Waals surface area contributed by atoms with E-state index in [9.17, 15) is 4.79 Å². The third kappa shape index (κ3) is 2.39. The molecule has 3 rings (SSSR count). The molecule has 102 valence electrons. The molecular formula is C16H22N2O. The number of hydrogen-bond acceptors (Lipinski definition) is 2. The second-order valence-corrected chi connectivity index (χ2v) is 6.58. The summed E-state index contributed by atoms with van der Waals surface area (Å²) in [5.74, 6) is 0.292. The maximum Gasteiger partial charge on any atom is 0.227 e. The van der Waals surface area contributed by atoms with Gasteiger partial charge in [0.1, 0.15) is 0 Å². The molecule has 3 heteroatoms. The number of amides is 1. The predicted octanol–water partition coefficient (Wildman–Crippen LogP) is 2.19. The first-order chi connectivity index (χ1) is 8.94. The highest BCUT2D eigenvalue weighted by atomic mass is 16.2. The van der Waals surface area contributed by atoms with E-state index < -0.39 is 0 Å². The van der Waals surface area contributed by atoms with Crippen molar-refractivity contribution in [3.05, 3.63) is 28.8 Å². The van der Waals surface area contributed by atoms with Gasteiger partial charge in [-0.3, -0.25) is 4.79 Å². The first kappa shape index (κ1) is 12.7. The molecule has 2 aliphatic heterocycles. The average molecular weight is 258 g/mol. The number of rotatable bonds is 2. The Balaban J connectivity index is 2.04. The highest BCUT2D eigenvalue weighted by Gasteiger charge is 2.29. The van der Waals surface area contributed by atoms with Crippen molar-refractivity contribution in [3.63, 3.8) is 0 Å². The normalized spacial score (nSPS) is 18.5. The zero-order valence-corrected chi connectivity index (χ0v) is 11.8. The van der Waals surface area contributed by atoms with E-state index in [1.165, 1.54) is 22.4 Å². The van der Waals surface area contributed by atoms with E-state index in [2.05, 4.69) is 26.0 Å². The van der Waals surface area contributed by atoms with Crippen molar-refractivity contribution in [1.82, 2.24) is 0 Å². The van der Waals surface area contributed by atoms with Gasteiger partial charge in [-0.05, 0) is 56.2 Å². The molecule has 19 heavy (non-hydrogen) atoms.